The van der Waals surface area contributed by atoms with Gasteiger partial charge in [-0.15, -0.1) is 0 Å². The number of likely N-dealkylation sites (tertiary alicyclic amines) is 1. The minimum atomic E-state index is -4.39. The maximum atomic E-state index is 13.5. The van der Waals surface area contributed by atoms with Gasteiger partial charge in [0.25, 0.3) is 5.91 Å². The summed E-state index contributed by atoms with van der Waals surface area (Å²) in [4.78, 5) is 15.1. The molecule has 5 rings (SSSR count). The van der Waals surface area contributed by atoms with E-state index in [2.05, 4.69) is 15.1 Å². The average Bonchev–Trinajstić information content (AvgIpc) is 3.32. The van der Waals surface area contributed by atoms with Crippen LogP contribution in [-0.4, -0.2) is 46.8 Å². The highest BCUT2D eigenvalue weighted by Gasteiger charge is 2.40. The molecule has 3 heterocycles. The molecule has 1 aliphatic carbocycles. The second-order valence-electron chi connectivity index (χ2n) is 8.97. The van der Waals surface area contributed by atoms with Gasteiger partial charge in [-0.2, -0.15) is 18.3 Å². The molecule has 2 aliphatic heterocycles. The molecule has 1 amide bonds. The topological polar surface area (TPSA) is 50.2 Å². The Kier molecular flexibility index (Phi) is 5.28. The summed E-state index contributed by atoms with van der Waals surface area (Å²) >= 11 is 0. The van der Waals surface area contributed by atoms with Gasteiger partial charge in [0, 0.05) is 24.9 Å². The molecule has 1 aromatic carbocycles. The monoisotopic (exact) mass is 432 g/mol. The van der Waals surface area contributed by atoms with Gasteiger partial charge in [-0.25, -0.2) is 0 Å². The first kappa shape index (κ1) is 20.5. The Morgan fingerprint density at radius 3 is 2.48 bits per heavy atom. The number of nitrogens with zero attached hydrogens (tertiary/aromatic N) is 3. The standard InChI is InChI=1S/C23H27F3N4O/c24-23(25,26)20-4-2-1-3-18(20)16-9-12-29(14-16)22(31)19-13-28-30(21(19)15-5-6-15)17-7-10-27-11-8-17/h1-4,13,15-17,27H,5-12,14H2/t16-/m1/s1. The number of halogens is 3. The number of amides is 1. The lowest BCUT2D eigenvalue weighted by Crippen LogP contribution is -2.31. The second-order valence-corrected chi connectivity index (χ2v) is 8.97. The van der Waals surface area contributed by atoms with Crippen LogP contribution < -0.4 is 5.32 Å². The number of hydrogen-bond donors (Lipinski definition) is 1. The van der Waals surface area contributed by atoms with Gasteiger partial charge in [-0.05, 0) is 56.8 Å². The molecule has 2 saturated heterocycles. The molecule has 0 spiro atoms. The molecule has 5 nitrogen and oxygen atoms in total. The summed E-state index contributed by atoms with van der Waals surface area (Å²) in [5.41, 5.74) is 1.38. The summed E-state index contributed by atoms with van der Waals surface area (Å²) in [5.74, 6) is -0.0135. The zero-order chi connectivity index (χ0) is 21.6. The van der Waals surface area contributed by atoms with E-state index in [1.165, 1.54) is 6.07 Å². The molecule has 31 heavy (non-hydrogen) atoms. The fourth-order valence-electron chi connectivity index (χ4n) is 5.12. The molecule has 0 radical (unpaired) electrons. The molecule has 3 fully saturated rings. The summed E-state index contributed by atoms with van der Waals surface area (Å²) in [5, 5.41) is 7.97. The van der Waals surface area contributed by atoms with Gasteiger partial charge < -0.3 is 10.2 Å². The van der Waals surface area contributed by atoms with E-state index in [9.17, 15) is 18.0 Å². The molecular weight excluding hydrogens is 405 g/mol. The minimum Gasteiger partial charge on any atom is -0.338 e. The largest absolute Gasteiger partial charge is 0.416 e. The number of aromatic nitrogens is 2. The molecule has 166 valence electrons. The maximum Gasteiger partial charge on any atom is 0.416 e. The number of carbonyl (C=O) groups is 1. The predicted octanol–water partition coefficient (Wildman–Crippen LogP) is 4.33. The molecule has 1 saturated carbocycles. The van der Waals surface area contributed by atoms with E-state index < -0.39 is 11.7 Å². The van der Waals surface area contributed by atoms with Gasteiger partial charge in [-0.3, -0.25) is 9.48 Å². The van der Waals surface area contributed by atoms with E-state index in [0.717, 1.165) is 50.5 Å². The first-order valence-corrected chi connectivity index (χ1v) is 11.2. The lowest BCUT2D eigenvalue weighted by atomic mass is 9.93. The van der Waals surface area contributed by atoms with Crippen LogP contribution in [0.25, 0.3) is 0 Å². The van der Waals surface area contributed by atoms with Crippen molar-refractivity contribution < 1.29 is 18.0 Å². The van der Waals surface area contributed by atoms with E-state index in [-0.39, 0.29) is 17.4 Å². The molecule has 0 bridgehead atoms. The fraction of sp³-hybridized carbons (Fsp3) is 0.565. The highest BCUT2D eigenvalue weighted by molar-refractivity contribution is 5.95. The second kappa shape index (κ2) is 7.97. The summed E-state index contributed by atoms with van der Waals surface area (Å²) in [6.45, 7) is 2.68. The lowest BCUT2D eigenvalue weighted by Gasteiger charge is -2.25. The van der Waals surface area contributed by atoms with Crippen LogP contribution in [0.15, 0.2) is 30.5 Å². The Hall–Kier alpha value is -2.35. The van der Waals surface area contributed by atoms with Crippen molar-refractivity contribution in [1.29, 1.82) is 0 Å². The number of hydrogen-bond acceptors (Lipinski definition) is 3. The number of benzene rings is 1. The molecule has 1 aromatic heterocycles. The third-order valence-corrected chi connectivity index (χ3v) is 6.86. The average molecular weight is 432 g/mol. The van der Waals surface area contributed by atoms with Crippen molar-refractivity contribution >= 4 is 5.91 Å². The van der Waals surface area contributed by atoms with Gasteiger partial charge in [0.05, 0.1) is 29.1 Å². The normalized spacial score (nSPS) is 22.8. The van der Waals surface area contributed by atoms with Crippen LogP contribution in [0.3, 0.4) is 0 Å². The van der Waals surface area contributed by atoms with Crippen molar-refractivity contribution in [2.45, 2.75) is 56.2 Å². The van der Waals surface area contributed by atoms with E-state index in [1.807, 2.05) is 0 Å². The van der Waals surface area contributed by atoms with Crippen LogP contribution in [0, 0.1) is 0 Å². The van der Waals surface area contributed by atoms with E-state index in [1.54, 1.807) is 23.2 Å². The lowest BCUT2D eigenvalue weighted by molar-refractivity contribution is -0.138. The van der Waals surface area contributed by atoms with Gasteiger partial charge in [0.2, 0.25) is 0 Å². The summed E-state index contributed by atoms with van der Waals surface area (Å²) in [6.07, 6.45) is 1.97. The van der Waals surface area contributed by atoms with Crippen molar-refractivity contribution in [2.24, 2.45) is 0 Å². The summed E-state index contributed by atoms with van der Waals surface area (Å²) < 4.78 is 42.4. The highest BCUT2D eigenvalue weighted by Crippen LogP contribution is 2.44. The highest BCUT2D eigenvalue weighted by atomic mass is 19.4. The Morgan fingerprint density at radius 1 is 1.03 bits per heavy atom. The molecule has 3 aliphatic rings. The maximum absolute atomic E-state index is 13.5. The van der Waals surface area contributed by atoms with Crippen molar-refractivity contribution in [2.75, 3.05) is 26.2 Å². The van der Waals surface area contributed by atoms with Crippen molar-refractivity contribution in [3.63, 3.8) is 0 Å². The number of piperidine rings is 1. The zero-order valence-electron chi connectivity index (χ0n) is 17.4. The molecule has 8 heteroatoms. The number of alkyl halides is 3. The summed E-state index contributed by atoms with van der Waals surface area (Å²) in [6, 6.07) is 6.05. The van der Waals surface area contributed by atoms with Gasteiger partial charge >= 0.3 is 6.18 Å². The van der Waals surface area contributed by atoms with E-state index in [4.69, 9.17) is 0 Å². The smallest absolute Gasteiger partial charge is 0.338 e. The molecule has 1 atom stereocenters. The minimum absolute atomic E-state index is 0.0888. The van der Waals surface area contributed by atoms with Crippen LogP contribution in [0.5, 0.6) is 0 Å². The number of rotatable bonds is 4. The fourth-order valence-corrected chi connectivity index (χ4v) is 5.12. The van der Waals surface area contributed by atoms with Crippen LogP contribution in [-0.2, 0) is 6.18 Å². The molecule has 1 N–H and O–H groups in total. The van der Waals surface area contributed by atoms with Crippen molar-refractivity contribution in [1.82, 2.24) is 20.0 Å². The Bertz CT molecular complexity index is 960. The number of nitrogens with one attached hydrogen (secondary N) is 1. The third kappa shape index (κ3) is 3.97. The quantitative estimate of drug-likeness (QED) is 0.782. The first-order chi connectivity index (χ1) is 14.9. The van der Waals surface area contributed by atoms with Crippen LogP contribution in [0.2, 0.25) is 0 Å². The summed E-state index contributed by atoms with van der Waals surface area (Å²) in [7, 11) is 0. The van der Waals surface area contributed by atoms with Gasteiger partial charge in [-0.1, -0.05) is 18.2 Å². The number of carbonyl (C=O) groups excluding carboxylic acids is 1. The van der Waals surface area contributed by atoms with Crippen LogP contribution in [0.1, 0.15) is 77.2 Å². The van der Waals surface area contributed by atoms with E-state index in [0.29, 0.717) is 37.0 Å². The van der Waals surface area contributed by atoms with Crippen molar-refractivity contribution in [3.05, 3.63) is 52.8 Å². The van der Waals surface area contributed by atoms with Gasteiger partial charge in [0.15, 0.2) is 0 Å². The third-order valence-electron chi connectivity index (χ3n) is 6.86. The first-order valence-electron chi connectivity index (χ1n) is 11.2. The molecule has 0 unspecified atom stereocenters. The van der Waals surface area contributed by atoms with Crippen LogP contribution in [0.4, 0.5) is 13.2 Å². The SMILES string of the molecule is O=C(c1cnn(C2CCNCC2)c1C1CC1)N1CC[C@@H](c2ccccc2C(F)(F)F)C1. The van der Waals surface area contributed by atoms with Crippen molar-refractivity contribution in [3.8, 4) is 0 Å². The van der Waals surface area contributed by atoms with E-state index >= 15 is 0 Å². The van der Waals surface area contributed by atoms with Gasteiger partial charge in [0.1, 0.15) is 0 Å². The Labute approximate surface area is 179 Å². The Balaban J connectivity index is 1.37. The molecular formula is C23H27F3N4O. The zero-order valence-corrected chi connectivity index (χ0v) is 17.4. The molecule has 2 aromatic rings. The van der Waals surface area contributed by atoms with Crippen LogP contribution >= 0.6 is 0 Å². The predicted molar refractivity (Wildman–Crippen MR) is 110 cm³/mol. The Morgan fingerprint density at radius 2 is 1.77 bits per heavy atom.